The number of hydrogen-bond donors (Lipinski definition) is 2. The highest BCUT2D eigenvalue weighted by Gasteiger charge is 2.48. The Morgan fingerprint density at radius 3 is 2.55 bits per heavy atom. The minimum atomic E-state index is -0.612. The average Bonchev–Trinajstić information content (AvgIpc) is 3.12. The highest BCUT2D eigenvalue weighted by molar-refractivity contribution is 6.06. The van der Waals surface area contributed by atoms with E-state index in [1.165, 1.54) is 87.4 Å². The summed E-state index contributed by atoms with van der Waals surface area (Å²) in [5.41, 5.74) is 9.48. The molecule has 1 aromatic rings. The number of nitrogens with two attached hydrogens (primary N) is 1. The molecule has 2 fully saturated rings. The number of nitrogens with one attached hydrogen (secondary N) is 1. The van der Waals surface area contributed by atoms with Crippen LogP contribution in [0.2, 0.25) is 0 Å². The van der Waals surface area contributed by atoms with Gasteiger partial charge in [0, 0.05) is 12.7 Å². The van der Waals surface area contributed by atoms with Crippen molar-refractivity contribution >= 4 is 23.6 Å². The lowest BCUT2D eigenvalue weighted by Gasteiger charge is -2.36. The molecule has 2 unspecified atom stereocenters. The van der Waals surface area contributed by atoms with Gasteiger partial charge in [0.1, 0.15) is 5.54 Å². The molecule has 0 aromatic heterocycles. The number of amides is 1. The Morgan fingerprint density at radius 2 is 1.79 bits per heavy atom. The van der Waals surface area contributed by atoms with Crippen LogP contribution in [0, 0.1) is 24.7 Å². The van der Waals surface area contributed by atoms with E-state index in [1.807, 2.05) is 0 Å². The van der Waals surface area contributed by atoms with E-state index in [1.54, 1.807) is 11.9 Å². The van der Waals surface area contributed by atoms with Crippen LogP contribution < -0.4 is 11.1 Å². The van der Waals surface area contributed by atoms with Crippen LogP contribution in [0.5, 0.6) is 0 Å². The summed E-state index contributed by atoms with van der Waals surface area (Å²) in [7, 11) is 1.81. The number of aryl methyl sites for hydroxylation is 1. The van der Waals surface area contributed by atoms with Gasteiger partial charge in [-0.25, -0.2) is 4.99 Å². The van der Waals surface area contributed by atoms with Crippen molar-refractivity contribution in [2.24, 2.45) is 28.5 Å². The molecule has 1 aromatic carbocycles. The number of anilines is 1. The van der Waals surface area contributed by atoms with Crippen LogP contribution in [0.15, 0.2) is 29.3 Å². The molecule has 38 heavy (non-hydrogen) atoms. The fraction of sp³-hybridized carbons (Fsp3) is 0.697. The molecule has 2 aliphatic heterocycles. The van der Waals surface area contributed by atoms with Crippen molar-refractivity contribution in [3.05, 3.63) is 35.4 Å². The van der Waals surface area contributed by atoms with Crippen molar-refractivity contribution in [2.45, 2.75) is 121 Å². The predicted octanol–water partition coefficient (Wildman–Crippen LogP) is 7.45. The van der Waals surface area contributed by atoms with Gasteiger partial charge >= 0.3 is 0 Å². The van der Waals surface area contributed by atoms with E-state index in [0.717, 1.165) is 37.5 Å². The van der Waals surface area contributed by atoms with Crippen molar-refractivity contribution < 1.29 is 4.79 Å². The maximum atomic E-state index is 13.5. The fourth-order valence-electron chi connectivity index (χ4n) is 7.86. The zero-order valence-electron chi connectivity index (χ0n) is 24.1. The van der Waals surface area contributed by atoms with Gasteiger partial charge in [-0.1, -0.05) is 88.0 Å². The van der Waals surface area contributed by atoms with Gasteiger partial charge in [-0.15, -0.1) is 0 Å². The van der Waals surface area contributed by atoms with E-state index in [0.29, 0.717) is 11.9 Å². The number of benzene rings is 1. The molecule has 5 heteroatoms. The van der Waals surface area contributed by atoms with Crippen LogP contribution in [0.1, 0.15) is 114 Å². The Morgan fingerprint density at radius 1 is 1.03 bits per heavy atom. The third-order valence-electron chi connectivity index (χ3n) is 10.2. The quantitative estimate of drug-likeness (QED) is 0.357. The SMILES string of the molecule is Cc1ccc2c(c1)C=CC(C)(CCCC1CCC[C@H](C[C@@]3(CCC4CCCCC4)N=C(N)N(C)C3=O)C1)N2. The lowest BCUT2D eigenvalue weighted by molar-refractivity contribution is -0.131. The first-order chi connectivity index (χ1) is 18.3. The summed E-state index contributed by atoms with van der Waals surface area (Å²) in [6.07, 6.45) is 23.0. The second kappa shape index (κ2) is 11.4. The first-order valence-electron chi connectivity index (χ1n) is 15.5. The molecule has 0 spiro atoms. The molecule has 5 nitrogen and oxygen atoms in total. The van der Waals surface area contributed by atoms with E-state index in [4.69, 9.17) is 10.7 Å². The van der Waals surface area contributed by atoms with Crippen molar-refractivity contribution in [1.82, 2.24) is 4.90 Å². The fourth-order valence-corrected chi connectivity index (χ4v) is 7.86. The summed E-state index contributed by atoms with van der Waals surface area (Å²) in [4.78, 5) is 20.0. The van der Waals surface area contributed by atoms with E-state index in [9.17, 15) is 4.79 Å². The van der Waals surface area contributed by atoms with Crippen LogP contribution in [-0.2, 0) is 4.79 Å². The molecule has 0 bridgehead atoms. The summed E-state index contributed by atoms with van der Waals surface area (Å²) in [5.74, 6) is 2.65. The number of aliphatic imine (C=N–C) groups is 1. The lowest BCUT2D eigenvalue weighted by Crippen LogP contribution is -2.44. The van der Waals surface area contributed by atoms with Crippen molar-refractivity contribution in [3.8, 4) is 0 Å². The van der Waals surface area contributed by atoms with Gasteiger partial charge in [-0.3, -0.25) is 9.69 Å². The zero-order chi connectivity index (χ0) is 26.8. The largest absolute Gasteiger partial charge is 0.376 e. The number of hydrogen-bond acceptors (Lipinski definition) is 4. The second-order valence-electron chi connectivity index (χ2n) is 13.4. The standard InChI is InChI=1S/C33H50N4O/c1-24-14-15-29-28(21-24)17-19-32(2,35-29)18-8-13-26-11-7-12-27(22-26)23-33(30(38)37(3)31(34)36-33)20-16-25-9-5-4-6-10-25/h14-15,17,19,21,25-27,35H,4-13,16,18,20,22-23H2,1-3H3,(H2,34,36)/t26?,27-,32?,33+/m0/s1. The number of carbonyl (C=O) groups excluding carboxylic acids is 1. The number of carbonyl (C=O) groups is 1. The molecule has 208 valence electrons. The average molecular weight is 519 g/mol. The number of nitrogens with zero attached hydrogens (tertiary/aromatic N) is 2. The minimum absolute atomic E-state index is 0.0204. The van der Waals surface area contributed by atoms with Crippen molar-refractivity contribution in [1.29, 1.82) is 0 Å². The molecule has 4 atom stereocenters. The smallest absolute Gasteiger partial charge is 0.257 e. The van der Waals surface area contributed by atoms with E-state index < -0.39 is 5.54 Å². The third-order valence-corrected chi connectivity index (χ3v) is 10.2. The topological polar surface area (TPSA) is 70.7 Å². The Bertz CT molecular complexity index is 1060. The molecule has 5 rings (SSSR count). The predicted molar refractivity (Wildman–Crippen MR) is 159 cm³/mol. The molecule has 0 radical (unpaired) electrons. The molecule has 0 saturated heterocycles. The molecule has 4 aliphatic rings. The van der Waals surface area contributed by atoms with Gasteiger partial charge in [0.05, 0.1) is 5.54 Å². The number of rotatable bonds is 9. The third kappa shape index (κ3) is 6.13. The summed E-state index contributed by atoms with van der Waals surface area (Å²) in [6.45, 7) is 4.48. The normalized spacial score (nSPS) is 31.7. The Kier molecular flexibility index (Phi) is 8.21. The van der Waals surface area contributed by atoms with Crippen LogP contribution in [-0.4, -0.2) is 34.9 Å². The van der Waals surface area contributed by atoms with Crippen molar-refractivity contribution in [3.63, 3.8) is 0 Å². The van der Waals surface area contributed by atoms with Gasteiger partial charge in [0.2, 0.25) is 0 Å². The molecule has 2 aliphatic carbocycles. The van der Waals surface area contributed by atoms with E-state index >= 15 is 0 Å². The first-order valence-corrected chi connectivity index (χ1v) is 15.5. The van der Waals surface area contributed by atoms with Crippen LogP contribution in [0.25, 0.3) is 6.08 Å². The lowest BCUT2D eigenvalue weighted by atomic mass is 9.71. The Hall–Kier alpha value is -2.30. The van der Waals surface area contributed by atoms with Gasteiger partial charge in [-0.05, 0) is 81.4 Å². The van der Waals surface area contributed by atoms with Crippen molar-refractivity contribution in [2.75, 3.05) is 12.4 Å². The zero-order valence-corrected chi connectivity index (χ0v) is 24.1. The monoisotopic (exact) mass is 518 g/mol. The van der Waals surface area contributed by atoms with Crippen LogP contribution in [0.3, 0.4) is 0 Å². The molecule has 3 N–H and O–H groups in total. The molecule has 1 amide bonds. The molecule has 2 saturated carbocycles. The maximum absolute atomic E-state index is 13.5. The Balaban J connectivity index is 1.15. The van der Waals surface area contributed by atoms with Gasteiger partial charge in [0.25, 0.3) is 5.91 Å². The van der Waals surface area contributed by atoms with Gasteiger partial charge < -0.3 is 11.1 Å². The van der Waals surface area contributed by atoms with E-state index in [-0.39, 0.29) is 11.4 Å². The first kappa shape index (κ1) is 27.3. The van der Waals surface area contributed by atoms with E-state index in [2.05, 4.69) is 49.5 Å². The molecular weight excluding hydrogens is 468 g/mol. The highest BCUT2D eigenvalue weighted by Crippen LogP contribution is 2.43. The molecule has 2 heterocycles. The molecular formula is C33H50N4O. The summed E-state index contributed by atoms with van der Waals surface area (Å²) < 4.78 is 0. The van der Waals surface area contributed by atoms with Gasteiger partial charge in [0.15, 0.2) is 5.96 Å². The minimum Gasteiger partial charge on any atom is -0.376 e. The summed E-state index contributed by atoms with van der Waals surface area (Å²) >= 11 is 0. The Labute approximate surface area is 230 Å². The second-order valence-corrected chi connectivity index (χ2v) is 13.4. The number of likely N-dealkylation sites (N-methyl/N-ethyl adjacent to an activating group) is 1. The summed E-state index contributed by atoms with van der Waals surface area (Å²) in [5, 5.41) is 3.80. The highest BCUT2D eigenvalue weighted by atomic mass is 16.2. The number of fused-ring (bicyclic) bond motifs is 1. The summed E-state index contributed by atoms with van der Waals surface area (Å²) in [6, 6.07) is 6.67. The van der Waals surface area contributed by atoms with Crippen LogP contribution >= 0.6 is 0 Å². The maximum Gasteiger partial charge on any atom is 0.257 e. The van der Waals surface area contributed by atoms with Gasteiger partial charge in [-0.2, -0.15) is 0 Å². The number of guanidine groups is 1. The van der Waals surface area contributed by atoms with Crippen LogP contribution in [0.4, 0.5) is 5.69 Å².